The molecule has 2 fully saturated rings. The Labute approximate surface area is 122 Å². The summed E-state index contributed by atoms with van der Waals surface area (Å²) < 4.78 is 0. The Bertz CT molecular complexity index is 381. The van der Waals surface area contributed by atoms with Crippen LogP contribution in [0.4, 0.5) is 0 Å². The molecule has 0 spiro atoms. The monoisotopic (exact) mass is 280 g/mol. The maximum atomic E-state index is 12.8. The molecule has 2 rings (SSSR count). The van der Waals surface area contributed by atoms with E-state index in [1.165, 1.54) is 0 Å². The summed E-state index contributed by atoms with van der Waals surface area (Å²) >= 11 is 0. The lowest BCUT2D eigenvalue weighted by molar-refractivity contribution is -0.166. The predicted molar refractivity (Wildman–Crippen MR) is 79.2 cm³/mol. The van der Waals surface area contributed by atoms with Crippen molar-refractivity contribution in [2.75, 3.05) is 6.54 Å². The van der Waals surface area contributed by atoms with Crippen LogP contribution in [-0.4, -0.2) is 46.3 Å². The van der Waals surface area contributed by atoms with Crippen LogP contribution in [0, 0.1) is 5.92 Å². The van der Waals surface area contributed by atoms with Crippen molar-refractivity contribution in [2.24, 2.45) is 5.92 Å². The average Bonchev–Trinajstić information content (AvgIpc) is 2.41. The highest BCUT2D eigenvalue weighted by Gasteiger charge is 2.47. The Morgan fingerprint density at radius 2 is 1.85 bits per heavy atom. The second-order valence-corrected chi connectivity index (χ2v) is 6.69. The van der Waals surface area contributed by atoms with Gasteiger partial charge in [0.05, 0.1) is 0 Å². The molecule has 0 N–H and O–H groups in total. The van der Waals surface area contributed by atoms with Gasteiger partial charge in [0.25, 0.3) is 0 Å². The van der Waals surface area contributed by atoms with Crippen LogP contribution < -0.4 is 0 Å². The van der Waals surface area contributed by atoms with Gasteiger partial charge in [-0.25, -0.2) is 0 Å². The van der Waals surface area contributed by atoms with Crippen LogP contribution >= 0.6 is 0 Å². The fourth-order valence-electron chi connectivity index (χ4n) is 3.78. The summed E-state index contributed by atoms with van der Waals surface area (Å²) in [6.07, 6.45) is 4.61. The first-order chi connectivity index (χ1) is 9.47. The van der Waals surface area contributed by atoms with Crippen LogP contribution in [0.1, 0.15) is 59.8 Å². The summed E-state index contributed by atoms with van der Waals surface area (Å²) in [5.74, 6) is 0.895. The number of hydrogen-bond acceptors (Lipinski definition) is 2. The summed E-state index contributed by atoms with van der Waals surface area (Å²) in [5.41, 5.74) is 0. The minimum absolute atomic E-state index is 0.153. The van der Waals surface area contributed by atoms with Gasteiger partial charge < -0.3 is 9.80 Å². The van der Waals surface area contributed by atoms with Gasteiger partial charge in [-0.15, -0.1) is 0 Å². The Morgan fingerprint density at radius 3 is 2.45 bits per heavy atom. The number of fused-ring (bicyclic) bond motifs is 1. The van der Waals surface area contributed by atoms with Gasteiger partial charge in [0.15, 0.2) is 0 Å². The first-order valence-electron chi connectivity index (χ1n) is 8.10. The van der Waals surface area contributed by atoms with Gasteiger partial charge in [0.2, 0.25) is 11.8 Å². The molecule has 3 unspecified atom stereocenters. The van der Waals surface area contributed by atoms with Gasteiger partial charge in [-0.05, 0) is 44.9 Å². The predicted octanol–water partition coefficient (Wildman–Crippen LogP) is 2.42. The molecule has 2 heterocycles. The highest BCUT2D eigenvalue weighted by Crippen LogP contribution is 2.30. The second-order valence-electron chi connectivity index (χ2n) is 6.69. The van der Waals surface area contributed by atoms with E-state index in [9.17, 15) is 9.59 Å². The number of carbonyl (C=O) groups is 2. The fourth-order valence-corrected chi connectivity index (χ4v) is 3.78. The molecule has 2 saturated heterocycles. The molecule has 2 aliphatic heterocycles. The van der Waals surface area contributed by atoms with Gasteiger partial charge in [-0.2, -0.15) is 0 Å². The SMILES string of the molecule is CCC1C(=O)N2CCCCC2C(=O)N1C(C)CC(C)C. The molecule has 2 aliphatic rings. The Balaban J connectivity index is 2.24. The van der Waals surface area contributed by atoms with Crippen LogP contribution in [-0.2, 0) is 9.59 Å². The lowest BCUT2D eigenvalue weighted by atomic mass is 9.91. The smallest absolute Gasteiger partial charge is 0.246 e. The van der Waals surface area contributed by atoms with Crippen LogP contribution in [0.15, 0.2) is 0 Å². The average molecular weight is 280 g/mol. The summed E-state index contributed by atoms with van der Waals surface area (Å²) in [6.45, 7) is 9.20. The van der Waals surface area contributed by atoms with Gasteiger partial charge in [-0.1, -0.05) is 20.8 Å². The molecule has 20 heavy (non-hydrogen) atoms. The molecule has 4 nitrogen and oxygen atoms in total. The molecular weight excluding hydrogens is 252 g/mol. The van der Waals surface area contributed by atoms with Gasteiger partial charge in [-0.3, -0.25) is 9.59 Å². The number of piperidine rings is 1. The standard InChI is InChI=1S/C16H28N2O2/c1-5-13-15(19)17-9-7-6-8-14(17)16(20)18(13)12(4)10-11(2)3/h11-14H,5-10H2,1-4H3. The van der Waals surface area contributed by atoms with Crippen molar-refractivity contribution < 1.29 is 9.59 Å². The van der Waals surface area contributed by atoms with E-state index in [4.69, 9.17) is 0 Å². The molecule has 2 amide bonds. The van der Waals surface area contributed by atoms with E-state index in [-0.39, 0.29) is 29.9 Å². The van der Waals surface area contributed by atoms with Gasteiger partial charge >= 0.3 is 0 Å². The molecule has 0 bridgehead atoms. The van der Waals surface area contributed by atoms with Crippen LogP contribution in [0.5, 0.6) is 0 Å². The van der Waals surface area contributed by atoms with E-state index in [0.717, 1.165) is 38.6 Å². The van der Waals surface area contributed by atoms with Gasteiger partial charge in [0.1, 0.15) is 12.1 Å². The van der Waals surface area contributed by atoms with E-state index < -0.39 is 0 Å². The fraction of sp³-hybridized carbons (Fsp3) is 0.875. The van der Waals surface area contributed by atoms with Crippen molar-refractivity contribution in [3.63, 3.8) is 0 Å². The third-order valence-corrected chi connectivity index (χ3v) is 4.62. The zero-order valence-corrected chi connectivity index (χ0v) is 13.3. The molecule has 0 aliphatic carbocycles. The topological polar surface area (TPSA) is 40.6 Å². The van der Waals surface area contributed by atoms with Crippen molar-refractivity contribution in [2.45, 2.75) is 77.9 Å². The number of piperazine rings is 1. The minimum atomic E-state index is -0.245. The molecule has 0 aromatic rings. The van der Waals surface area contributed by atoms with E-state index in [1.807, 2.05) is 16.7 Å². The minimum Gasteiger partial charge on any atom is -0.329 e. The number of rotatable bonds is 4. The van der Waals surface area contributed by atoms with Crippen molar-refractivity contribution in [1.29, 1.82) is 0 Å². The highest BCUT2D eigenvalue weighted by molar-refractivity contribution is 5.97. The Hall–Kier alpha value is -1.06. The maximum absolute atomic E-state index is 12.8. The maximum Gasteiger partial charge on any atom is 0.246 e. The van der Waals surface area contributed by atoms with E-state index in [1.54, 1.807) is 0 Å². The van der Waals surface area contributed by atoms with Crippen molar-refractivity contribution in [1.82, 2.24) is 9.80 Å². The van der Waals surface area contributed by atoms with E-state index in [2.05, 4.69) is 20.8 Å². The summed E-state index contributed by atoms with van der Waals surface area (Å²) in [7, 11) is 0. The molecule has 0 radical (unpaired) electrons. The van der Waals surface area contributed by atoms with Crippen molar-refractivity contribution in [3.05, 3.63) is 0 Å². The zero-order valence-electron chi connectivity index (χ0n) is 13.3. The quantitative estimate of drug-likeness (QED) is 0.793. The normalized spacial score (nSPS) is 28.9. The highest BCUT2D eigenvalue weighted by atomic mass is 16.2. The van der Waals surface area contributed by atoms with Crippen LogP contribution in [0.3, 0.4) is 0 Å². The van der Waals surface area contributed by atoms with Crippen molar-refractivity contribution >= 4 is 11.8 Å². The summed E-state index contributed by atoms with van der Waals surface area (Å²) in [5, 5.41) is 0. The lowest BCUT2D eigenvalue weighted by Crippen LogP contribution is -2.67. The molecular formula is C16H28N2O2. The Kier molecular flexibility index (Phi) is 4.71. The number of hydrogen-bond donors (Lipinski definition) is 0. The third kappa shape index (κ3) is 2.70. The van der Waals surface area contributed by atoms with E-state index in [0.29, 0.717) is 5.92 Å². The van der Waals surface area contributed by atoms with Crippen molar-refractivity contribution in [3.8, 4) is 0 Å². The van der Waals surface area contributed by atoms with E-state index >= 15 is 0 Å². The zero-order chi connectivity index (χ0) is 14.9. The number of amides is 2. The van der Waals surface area contributed by atoms with Crippen LogP contribution in [0.25, 0.3) is 0 Å². The summed E-state index contributed by atoms with van der Waals surface area (Å²) in [6, 6.07) is -0.278. The molecule has 4 heteroatoms. The molecule has 3 atom stereocenters. The molecule has 114 valence electrons. The van der Waals surface area contributed by atoms with Crippen LogP contribution in [0.2, 0.25) is 0 Å². The number of nitrogens with zero attached hydrogens (tertiary/aromatic N) is 2. The Morgan fingerprint density at radius 1 is 1.15 bits per heavy atom. The first kappa shape index (κ1) is 15.3. The number of carbonyl (C=O) groups excluding carboxylic acids is 2. The largest absolute Gasteiger partial charge is 0.329 e. The third-order valence-electron chi connectivity index (χ3n) is 4.62. The molecule has 0 aromatic heterocycles. The second kappa shape index (κ2) is 6.15. The molecule has 0 saturated carbocycles. The molecule has 0 aromatic carbocycles. The first-order valence-corrected chi connectivity index (χ1v) is 8.10. The summed E-state index contributed by atoms with van der Waals surface area (Å²) in [4.78, 5) is 29.2. The lowest BCUT2D eigenvalue weighted by Gasteiger charge is -2.49. The van der Waals surface area contributed by atoms with Gasteiger partial charge in [0, 0.05) is 12.6 Å².